The SMILES string of the molecule is C[C@]12CCC3C(CC[C@@H]4C[C@@](O)(C#CC5CC5)CC[C@H]34)C1CC[C@@H]2C(=O)CSS(C)(=O)=O. The van der Waals surface area contributed by atoms with Crippen LogP contribution in [0, 0.1) is 58.7 Å². The van der Waals surface area contributed by atoms with E-state index in [-0.39, 0.29) is 22.9 Å². The molecule has 0 heterocycles. The van der Waals surface area contributed by atoms with Crippen molar-refractivity contribution in [1.29, 1.82) is 0 Å². The Bertz CT molecular complexity index is 929. The van der Waals surface area contributed by atoms with Gasteiger partial charge in [-0.2, -0.15) is 0 Å². The fraction of sp³-hybridized carbons (Fsp3) is 0.885. The van der Waals surface area contributed by atoms with E-state index in [0.29, 0.717) is 29.6 Å². The Kier molecular flexibility index (Phi) is 6.04. The second-order valence-electron chi connectivity index (χ2n) is 11.9. The first kappa shape index (κ1) is 23.2. The molecule has 32 heavy (non-hydrogen) atoms. The molecule has 0 aromatic rings. The van der Waals surface area contributed by atoms with E-state index in [1.165, 1.54) is 38.4 Å². The highest BCUT2D eigenvalue weighted by atomic mass is 33.1. The quantitative estimate of drug-likeness (QED) is 0.470. The molecule has 5 aliphatic rings. The van der Waals surface area contributed by atoms with Crippen molar-refractivity contribution in [1.82, 2.24) is 0 Å². The molecule has 0 aromatic carbocycles. The van der Waals surface area contributed by atoms with Gasteiger partial charge in [0.25, 0.3) is 0 Å². The van der Waals surface area contributed by atoms with E-state index in [0.717, 1.165) is 55.2 Å². The van der Waals surface area contributed by atoms with Crippen LogP contribution in [0.5, 0.6) is 0 Å². The van der Waals surface area contributed by atoms with Crippen LogP contribution in [-0.2, 0) is 13.7 Å². The summed E-state index contributed by atoms with van der Waals surface area (Å²) < 4.78 is 23.1. The van der Waals surface area contributed by atoms with Gasteiger partial charge < -0.3 is 5.11 Å². The van der Waals surface area contributed by atoms with Gasteiger partial charge in [-0.3, -0.25) is 4.79 Å². The molecule has 0 spiro atoms. The second-order valence-corrected chi connectivity index (χ2v) is 16.3. The van der Waals surface area contributed by atoms with Gasteiger partial charge in [-0.25, -0.2) is 8.42 Å². The molecule has 0 amide bonds. The Labute approximate surface area is 197 Å². The summed E-state index contributed by atoms with van der Waals surface area (Å²) in [5.41, 5.74) is -0.726. The minimum absolute atomic E-state index is 0.0227. The van der Waals surface area contributed by atoms with Crippen LogP contribution in [0.3, 0.4) is 0 Å². The van der Waals surface area contributed by atoms with Crippen molar-refractivity contribution in [2.75, 3.05) is 12.0 Å². The summed E-state index contributed by atoms with van der Waals surface area (Å²) in [5, 5.41) is 11.1. The van der Waals surface area contributed by atoms with E-state index in [1.54, 1.807) is 0 Å². The molecule has 8 atom stereocenters. The van der Waals surface area contributed by atoms with Gasteiger partial charge in [0, 0.05) is 18.1 Å². The Hall–Kier alpha value is -0.510. The van der Waals surface area contributed by atoms with Crippen LogP contribution in [0.2, 0.25) is 0 Å². The third-order valence-corrected chi connectivity index (χ3v) is 12.4. The minimum atomic E-state index is -3.18. The molecule has 0 radical (unpaired) electrons. The third-order valence-electron chi connectivity index (χ3n) is 9.90. The predicted octanol–water partition coefficient (Wildman–Crippen LogP) is 4.66. The minimum Gasteiger partial charge on any atom is -0.378 e. The number of hydrogen-bond donors (Lipinski definition) is 1. The lowest BCUT2D eigenvalue weighted by molar-refractivity contribution is -0.129. The molecule has 0 saturated heterocycles. The standard InChI is InChI=1S/C26H38O4S2/c1-25-12-10-20-19-11-14-26(28,13-9-17-3-4-17)15-18(19)5-6-21(20)22(25)7-8-23(25)24(27)16-31-32(2,29)30/h17-23,28H,3-8,10-12,14-16H2,1-2H3/t18-,19+,20?,21?,22?,23-,25+,26-/m1/s1. The van der Waals surface area contributed by atoms with E-state index in [1.807, 2.05) is 0 Å². The van der Waals surface area contributed by atoms with E-state index in [9.17, 15) is 18.3 Å². The monoisotopic (exact) mass is 478 g/mol. The van der Waals surface area contributed by atoms with Gasteiger partial charge in [-0.1, -0.05) is 18.8 Å². The fourth-order valence-corrected chi connectivity index (χ4v) is 9.77. The van der Waals surface area contributed by atoms with Crippen LogP contribution in [0.1, 0.15) is 77.6 Å². The molecule has 1 N–H and O–H groups in total. The maximum Gasteiger partial charge on any atom is 0.199 e. The van der Waals surface area contributed by atoms with Crippen LogP contribution < -0.4 is 0 Å². The number of carbonyl (C=O) groups excluding carboxylic acids is 1. The molecule has 5 saturated carbocycles. The third kappa shape index (κ3) is 4.43. The van der Waals surface area contributed by atoms with E-state index >= 15 is 0 Å². The molecule has 0 aliphatic heterocycles. The normalized spacial score (nSPS) is 45.7. The summed E-state index contributed by atoms with van der Waals surface area (Å²) in [6.45, 7) is 2.33. The van der Waals surface area contributed by atoms with Gasteiger partial charge in [0.05, 0.1) is 5.75 Å². The van der Waals surface area contributed by atoms with Crippen molar-refractivity contribution in [3.8, 4) is 11.8 Å². The molecule has 3 unspecified atom stereocenters. The van der Waals surface area contributed by atoms with E-state index in [2.05, 4.69) is 18.8 Å². The average molecular weight is 479 g/mol. The summed E-state index contributed by atoms with van der Waals surface area (Å²) in [4.78, 5) is 13.0. The van der Waals surface area contributed by atoms with Crippen molar-refractivity contribution in [3.63, 3.8) is 0 Å². The first-order valence-electron chi connectivity index (χ1n) is 12.7. The van der Waals surface area contributed by atoms with Crippen LogP contribution in [0.15, 0.2) is 0 Å². The molecule has 0 bridgehead atoms. The molecule has 6 heteroatoms. The van der Waals surface area contributed by atoms with Crippen molar-refractivity contribution >= 4 is 25.4 Å². The van der Waals surface area contributed by atoms with Gasteiger partial charge in [0.15, 0.2) is 8.87 Å². The highest BCUT2D eigenvalue weighted by molar-refractivity contribution is 8.72. The van der Waals surface area contributed by atoms with Crippen molar-refractivity contribution < 1.29 is 18.3 Å². The summed E-state index contributed by atoms with van der Waals surface area (Å²) in [7, 11) is -2.38. The lowest BCUT2D eigenvalue weighted by Crippen LogP contribution is -2.51. The zero-order chi connectivity index (χ0) is 22.7. The molecule has 5 rings (SSSR count). The Morgan fingerprint density at radius 3 is 2.47 bits per heavy atom. The largest absolute Gasteiger partial charge is 0.378 e. The Morgan fingerprint density at radius 1 is 1.00 bits per heavy atom. The molecule has 4 nitrogen and oxygen atoms in total. The van der Waals surface area contributed by atoms with Crippen molar-refractivity contribution in [2.24, 2.45) is 46.8 Å². The highest BCUT2D eigenvalue weighted by Crippen LogP contribution is 2.64. The molecule has 178 valence electrons. The van der Waals surface area contributed by atoms with Gasteiger partial charge in [0.1, 0.15) is 11.4 Å². The summed E-state index contributed by atoms with van der Waals surface area (Å²) in [6, 6.07) is 0. The predicted molar refractivity (Wildman–Crippen MR) is 128 cm³/mol. The summed E-state index contributed by atoms with van der Waals surface area (Å²) in [5.74, 6) is 10.7. The number of fused-ring (bicyclic) bond motifs is 5. The van der Waals surface area contributed by atoms with Gasteiger partial charge in [0.2, 0.25) is 0 Å². The topological polar surface area (TPSA) is 71.4 Å². The maximum absolute atomic E-state index is 13.0. The van der Waals surface area contributed by atoms with Gasteiger partial charge in [-0.15, -0.1) is 0 Å². The Balaban J connectivity index is 1.26. The van der Waals surface area contributed by atoms with Crippen molar-refractivity contribution in [3.05, 3.63) is 0 Å². The summed E-state index contributed by atoms with van der Waals surface area (Å²) >= 11 is 0. The first-order valence-corrected chi connectivity index (χ1v) is 16.1. The lowest BCUT2D eigenvalue weighted by Gasteiger charge is -2.56. The molecular formula is C26H38O4S2. The van der Waals surface area contributed by atoms with E-state index < -0.39 is 14.5 Å². The fourth-order valence-electron chi connectivity index (χ4n) is 8.25. The number of carbonyl (C=O) groups is 1. The lowest BCUT2D eigenvalue weighted by atomic mass is 9.49. The first-order chi connectivity index (χ1) is 15.1. The summed E-state index contributed by atoms with van der Waals surface area (Å²) in [6.07, 6.45) is 13.1. The van der Waals surface area contributed by atoms with Crippen LogP contribution >= 0.6 is 10.8 Å². The van der Waals surface area contributed by atoms with Crippen LogP contribution in [0.4, 0.5) is 0 Å². The second kappa shape index (κ2) is 8.31. The average Bonchev–Trinajstić information content (AvgIpc) is 3.49. The van der Waals surface area contributed by atoms with Crippen LogP contribution in [-0.4, -0.2) is 36.9 Å². The number of ketones is 1. The smallest absolute Gasteiger partial charge is 0.199 e. The van der Waals surface area contributed by atoms with Crippen LogP contribution in [0.25, 0.3) is 0 Å². The molecule has 0 aromatic heterocycles. The number of aliphatic hydroxyl groups is 1. The number of rotatable bonds is 4. The highest BCUT2D eigenvalue weighted by Gasteiger charge is 2.58. The molecule has 5 fully saturated rings. The number of Topliss-reactive ketones (excluding diaryl/α,β-unsaturated/α-hetero) is 1. The molecule has 5 aliphatic carbocycles. The number of hydrogen-bond acceptors (Lipinski definition) is 5. The molecular weight excluding hydrogens is 440 g/mol. The van der Waals surface area contributed by atoms with E-state index in [4.69, 9.17) is 0 Å². The van der Waals surface area contributed by atoms with Crippen molar-refractivity contribution in [2.45, 2.75) is 83.2 Å². The zero-order valence-corrected chi connectivity index (χ0v) is 21.1. The maximum atomic E-state index is 13.0. The van der Waals surface area contributed by atoms with Gasteiger partial charge >= 0.3 is 0 Å². The van der Waals surface area contributed by atoms with Gasteiger partial charge in [-0.05, 0) is 116 Å². The zero-order valence-electron chi connectivity index (χ0n) is 19.5. The Morgan fingerprint density at radius 2 is 1.75 bits per heavy atom.